The second-order valence-electron chi connectivity index (χ2n) is 6.53. The molecule has 0 saturated carbocycles. The molecule has 0 spiro atoms. The van der Waals surface area contributed by atoms with Gasteiger partial charge in [0.05, 0.1) is 5.69 Å². The molecular formula is C22H17N3O4. The van der Waals surface area contributed by atoms with Gasteiger partial charge in [-0.3, -0.25) is 19.1 Å². The molecule has 2 heterocycles. The number of benzene rings is 1. The van der Waals surface area contributed by atoms with Crippen LogP contribution in [0.15, 0.2) is 77.7 Å². The number of nitrogens with zero attached hydrogens (tertiary/aromatic N) is 3. The molecule has 0 bridgehead atoms. The number of hydrogen-bond acceptors (Lipinski definition) is 6. The van der Waals surface area contributed by atoms with E-state index in [2.05, 4.69) is 9.97 Å². The molecule has 0 radical (unpaired) electrons. The topological polar surface area (TPSA) is 91.2 Å². The molecule has 7 nitrogen and oxygen atoms in total. The van der Waals surface area contributed by atoms with E-state index in [9.17, 15) is 14.4 Å². The summed E-state index contributed by atoms with van der Waals surface area (Å²) in [4.78, 5) is 45.8. The van der Waals surface area contributed by atoms with E-state index in [0.717, 1.165) is 0 Å². The van der Waals surface area contributed by atoms with Crippen LogP contribution in [-0.2, 0) is 9.53 Å². The average molecular weight is 387 g/mol. The van der Waals surface area contributed by atoms with Crippen molar-refractivity contribution in [3.63, 3.8) is 0 Å². The van der Waals surface area contributed by atoms with Crippen LogP contribution in [0.1, 0.15) is 29.6 Å². The second kappa shape index (κ2) is 8.02. The van der Waals surface area contributed by atoms with Gasteiger partial charge in [-0.1, -0.05) is 18.2 Å². The van der Waals surface area contributed by atoms with Gasteiger partial charge in [0.1, 0.15) is 17.1 Å². The minimum Gasteiger partial charge on any atom is -0.427 e. The molecule has 1 aromatic carbocycles. The first-order chi connectivity index (χ1) is 14.1. The zero-order valence-corrected chi connectivity index (χ0v) is 15.4. The van der Waals surface area contributed by atoms with Crippen molar-refractivity contribution in [1.29, 1.82) is 0 Å². The summed E-state index contributed by atoms with van der Waals surface area (Å²) in [5.74, 6) is -0.289. The number of ether oxygens (including phenoxy) is 1. The first kappa shape index (κ1) is 18.5. The van der Waals surface area contributed by atoms with Crippen LogP contribution < -0.4 is 5.56 Å². The lowest BCUT2D eigenvalue weighted by molar-refractivity contribution is -0.115. The molecule has 0 amide bonds. The fourth-order valence-electron chi connectivity index (χ4n) is 3.13. The van der Waals surface area contributed by atoms with E-state index in [4.69, 9.17) is 4.74 Å². The number of allylic oxidation sites excluding steroid dienone is 2. The Morgan fingerprint density at radius 1 is 1.00 bits per heavy atom. The van der Waals surface area contributed by atoms with E-state index in [1.165, 1.54) is 16.8 Å². The average Bonchev–Trinajstić information content (AvgIpc) is 2.74. The SMILES string of the molecule is O=C1C=C(OC(=O)c2cnc(-c3cccnc3)n(-c3ccccc3)c2=O)CCC1. The molecule has 0 saturated heterocycles. The zero-order valence-electron chi connectivity index (χ0n) is 15.4. The highest BCUT2D eigenvalue weighted by atomic mass is 16.5. The fourth-order valence-corrected chi connectivity index (χ4v) is 3.13. The van der Waals surface area contributed by atoms with Gasteiger partial charge in [0.25, 0.3) is 5.56 Å². The van der Waals surface area contributed by atoms with Gasteiger partial charge in [0, 0.05) is 43.1 Å². The maximum Gasteiger partial charge on any atom is 0.350 e. The molecule has 29 heavy (non-hydrogen) atoms. The van der Waals surface area contributed by atoms with Crippen molar-refractivity contribution in [2.45, 2.75) is 19.3 Å². The van der Waals surface area contributed by atoms with Crippen LogP contribution in [0.25, 0.3) is 17.1 Å². The van der Waals surface area contributed by atoms with Crippen LogP contribution in [0.2, 0.25) is 0 Å². The Kier molecular flexibility index (Phi) is 5.11. The van der Waals surface area contributed by atoms with Crippen molar-refractivity contribution in [2.75, 3.05) is 0 Å². The van der Waals surface area contributed by atoms with E-state index in [1.54, 1.807) is 48.8 Å². The lowest BCUT2D eigenvalue weighted by Gasteiger charge is -2.15. The van der Waals surface area contributed by atoms with E-state index in [0.29, 0.717) is 36.3 Å². The van der Waals surface area contributed by atoms with Crippen LogP contribution in [-0.4, -0.2) is 26.3 Å². The Balaban J connectivity index is 1.80. The normalized spacial score (nSPS) is 13.7. The van der Waals surface area contributed by atoms with Crippen molar-refractivity contribution < 1.29 is 14.3 Å². The van der Waals surface area contributed by atoms with Gasteiger partial charge in [-0.05, 0) is 30.7 Å². The molecule has 0 atom stereocenters. The van der Waals surface area contributed by atoms with E-state index >= 15 is 0 Å². The van der Waals surface area contributed by atoms with Crippen molar-refractivity contribution >= 4 is 11.8 Å². The van der Waals surface area contributed by atoms with Crippen LogP contribution in [0, 0.1) is 0 Å². The predicted octanol–water partition coefficient (Wildman–Crippen LogP) is 3.09. The highest BCUT2D eigenvalue weighted by Gasteiger charge is 2.22. The number of aromatic nitrogens is 3. The Labute approximate surface area is 166 Å². The molecule has 4 rings (SSSR count). The van der Waals surface area contributed by atoms with Gasteiger partial charge in [-0.25, -0.2) is 9.78 Å². The Hall–Kier alpha value is -3.87. The molecule has 2 aromatic heterocycles. The van der Waals surface area contributed by atoms with E-state index in [1.807, 2.05) is 6.07 Å². The molecule has 3 aromatic rings. The number of ketones is 1. The van der Waals surface area contributed by atoms with Crippen molar-refractivity contribution in [1.82, 2.24) is 14.5 Å². The molecule has 0 N–H and O–H groups in total. The number of pyridine rings is 1. The Morgan fingerprint density at radius 2 is 1.83 bits per heavy atom. The summed E-state index contributed by atoms with van der Waals surface area (Å²) >= 11 is 0. The lowest BCUT2D eigenvalue weighted by atomic mass is 10.1. The van der Waals surface area contributed by atoms with Crippen molar-refractivity contribution in [3.8, 4) is 17.1 Å². The third kappa shape index (κ3) is 3.89. The zero-order chi connectivity index (χ0) is 20.2. The van der Waals surface area contributed by atoms with Gasteiger partial charge in [-0.2, -0.15) is 0 Å². The molecular weight excluding hydrogens is 370 g/mol. The van der Waals surface area contributed by atoms with Gasteiger partial charge in [0.2, 0.25) is 0 Å². The fraction of sp³-hybridized carbons (Fsp3) is 0.136. The first-order valence-electron chi connectivity index (χ1n) is 9.17. The highest BCUT2D eigenvalue weighted by molar-refractivity contribution is 5.93. The summed E-state index contributed by atoms with van der Waals surface area (Å²) in [7, 11) is 0. The van der Waals surface area contributed by atoms with Gasteiger partial charge in [-0.15, -0.1) is 0 Å². The Bertz CT molecular complexity index is 1150. The van der Waals surface area contributed by atoms with Crippen LogP contribution >= 0.6 is 0 Å². The standard InChI is InChI=1S/C22H17N3O4/c26-17-9-4-10-18(12-17)29-22(28)19-14-24-20(15-6-5-11-23-13-15)25(21(19)27)16-7-2-1-3-8-16/h1-3,5-8,11-14H,4,9-10H2. The van der Waals surface area contributed by atoms with Gasteiger partial charge in [0.15, 0.2) is 5.78 Å². The minimum atomic E-state index is -0.828. The summed E-state index contributed by atoms with van der Waals surface area (Å²) in [5.41, 5.74) is 0.428. The molecule has 7 heteroatoms. The smallest absolute Gasteiger partial charge is 0.350 e. The number of para-hydroxylation sites is 1. The second-order valence-corrected chi connectivity index (χ2v) is 6.53. The molecule has 144 valence electrons. The maximum absolute atomic E-state index is 13.2. The number of carbonyl (C=O) groups is 2. The first-order valence-corrected chi connectivity index (χ1v) is 9.17. The maximum atomic E-state index is 13.2. The quantitative estimate of drug-likeness (QED) is 0.639. The largest absolute Gasteiger partial charge is 0.427 e. The monoisotopic (exact) mass is 387 g/mol. The lowest BCUT2D eigenvalue weighted by Crippen LogP contribution is -2.28. The molecule has 0 unspecified atom stereocenters. The molecule has 0 aliphatic heterocycles. The van der Waals surface area contributed by atoms with Crippen molar-refractivity contribution in [3.05, 3.63) is 88.8 Å². The number of rotatable bonds is 4. The van der Waals surface area contributed by atoms with Crippen LogP contribution in [0.3, 0.4) is 0 Å². The van der Waals surface area contributed by atoms with Gasteiger partial charge >= 0.3 is 5.97 Å². The molecule has 1 aliphatic carbocycles. The third-order valence-corrected chi connectivity index (χ3v) is 4.51. The van der Waals surface area contributed by atoms with E-state index in [-0.39, 0.29) is 17.1 Å². The summed E-state index contributed by atoms with van der Waals surface area (Å²) in [6.45, 7) is 0. The number of hydrogen-bond donors (Lipinski definition) is 0. The molecule has 1 aliphatic rings. The minimum absolute atomic E-state index is 0.0919. The Morgan fingerprint density at radius 3 is 2.55 bits per heavy atom. The third-order valence-electron chi connectivity index (χ3n) is 4.51. The molecule has 0 fully saturated rings. The van der Waals surface area contributed by atoms with Gasteiger partial charge < -0.3 is 4.74 Å². The summed E-state index contributed by atoms with van der Waals surface area (Å²) in [6.07, 6.45) is 7.27. The highest BCUT2D eigenvalue weighted by Crippen LogP contribution is 2.20. The van der Waals surface area contributed by atoms with Crippen LogP contribution in [0.5, 0.6) is 0 Å². The predicted molar refractivity (Wildman–Crippen MR) is 105 cm³/mol. The van der Waals surface area contributed by atoms with E-state index < -0.39 is 11.5 Å². The number of carbonyl (C=O) groups excluding carboxylic acids is 2. The number of esters is 1. The summed E-state index contributed by atoms with van der Waals surface area (Å²) in [6, 6.07) is 12.4. The van der Waals surface area contributed by atoms with Crippen molar-refractivity contribution in [2.24, 2.45) is 0 Å². The van der Waals surface area contributed by atoms with Crippen LogP contribution in [0.4, 0.5) is 0 Å². The summed E-state index contributed by atoms with van der Waals surface area (Å²) in [5, 5.41) is 0. The summed E-state index contributed by atoms with van der Waals surface area (Å²) < 4.78 is 6.66.